The molecule has 0 aliphatic heterocycles. The number of hydrogen-bond donors (Lipinski definition) is 0. The van der Waals surface area contributed by atoms with Crippen LogP contribution in [0.1, 0.15) is 45.1 Å². The van der Waals surface area contributed by atoms with Crippen molar-refractivity contribution in [3.05, 3.63) is 34.3 Å². The van der Waals surface area contributed by atoms with E-state index in [-0.39, 0.29) is 0 Å². The molecule has 0 aromatic heterocycles. The van der Waals surface area contributed by atoms with Gasteiger partial charge in [0.05, 0.1) is 0 Å². The Hall–Kier alpha value is -0.340. The summed E-state index contributed by atoms with van der Waals surface area (Å²) in [6.07, 6.45) is 5.42. The third-order valence-electron chi connectivity index (χ3n) is 4.28. The minimum Gasteiger partial charge on any atom is -0.299 e. The molecule has 0 saturated heterocycles. The van der Waals surface area contributed by atoms with Crippen molar-refractivity contribution >= 4 is 15.9 Å². The molecule has 2 heteroatoms. The zero-order valence-corrected chi connectivity index (χ0v) is 13.3. The van der Waals surface area contributed by atoms with Crippen LogP contribution >= 0.6 is 15.9 Å². The molecule has 0 unspecified atom stereocenters. The number of hydrogen-bond acceptors (Lipinski definition) is 1. The van der Waals surface area contributed by atoms with Gasteiger partial charge in [-0.3, -0.25) is 4.90 Å². The number of benzene rings is 1. The lowest BCUT2D eigenvalue weighted by atomic mass is 9.75. The average Bonchev–Trinajstić information content (AvgIpc) is 2.32. The van der Waals surface area contributed by atoms with Gasteiger partial charge in [0.2, 0.25) is 0 Å². The van der Waals surface area contributed by atoms with Crippen molar-refractivity contribution in [2.75, 3.05) is 7.05 Å². The highest BCUT2D eigenvalue weighted by molar-refractivity contribution is 9.10. The van der Waals surface area contributed by atoms with E-state index in [4.69, 9.17) is 0 Å². The molecule has 1 fully saturated rings. The van der Waals surface area contributed by atoms with Gasteiger partial charge >= 0.3 is 0 Å². The van der Waals surface area contributed by atoms with Gasteiger partial charge in [-0.25, -0.2) is 0 Å². The molecule has 18 heavy (non-hydrogen) atoms. The Morgan fingerprint density at radius 3 is 2.28 bits per heavy atom. The quantitative estimate of drug-likeness (QED) is 0.771. The molecule has 100 valence electrons. The van der Waals surface area contributed by atoms with Crippen molar-refractivity contribution in [3.63, 3.8) is 0 Å². The Morgan fingerprint density at radius 2 is 1.72 bits per heavy atom. The fourth-order valence-electron chi connectivity index (χ4n) is 2.83. The lowest BCUT2D eigenvalue weighted by molar-refractivity contribution is 0.123. The predicted octanol–water partition coefficient (Wildman–Crippen LogP) is 4.85. The molecule has 0 radical (unpaired) electrons. The molecule has 1 aromatic carbocycles. The van der Waals surface area contributed by atoms with Crippen molar-refractivity contribution in [2.24, 2.45) is 5.41 Å². The Balaban J connectivity index is 1.89. The summed E-state index contributed by atoms with van der Waals surface area (Å²) in [5.41, 5.74) is 1.97. The Morgan fingerprint density at radius 1 is 1.17 bits per heavy atom. The molecule has 1 aromatic rings. The SMILES string of the molecule is CN(Cc1ccc(Br)cc1)C1CCC(C)(C)CC1. The van der Waals surface area contributed by atoms with E-state index in [1.165, 1.54) is 31.2 Å². The van der Waals surface area contributed by atoms with Crippen molar-refractivity contribution < 1.29 is 0 Å². The van der Waals surface area contributed by atoms with E-state index in [0.717, 1.165) is 17.1 Å². The highest BCUT2D eigenvalue weighted by Crippen LogP contribution is 2.36. The van der Waals surface area contributed by atoms with Crippen LogP contribution in [-0.4, -0.2) is 18.0 Å². The van der Waals surface area contributed by atoms with Crippen LogP contribution in [0.4, 0.5) is 0 Å². The van der Waals surface area contributed by atoms with Crippen LogP contribution in [0.5, 0.6) is 0 Å². The first kappa shape index (κ1) is 14.1. The van der Waals surface area contributed by atoms with E-state index < -0.39 is 0 Å². The molecule has 1 aliphatic carbocycles. The van der Waals surface area contributed by atoms with Gasteiger partial charge in [0.15, 0.2) is 0 Å². The maximum absolute atomic E-state index is 3.49. The van der Waals surface area contributed by atoms with Gasteiger partial charge in [-0.2, -0.15) is 0 Å². The van der Waals surface area contributed by atoms with Crippen LogP contribution in [-0.2, 0) is 6.54 Å². The predicted molar refractivity (Wildman–Crippen MR) is 81.6 cm³/mol. The summed E-state index contributed by atoms with van der Waals surface area (Å²) in [7, 11) is 2.27. The molecule has 2 rings (SSSR count). The Labute approximate surface area is 120 Å². The average molecular weight is 310 g/mol. The number of nitrogens with zero attached hydrogens (tertiary/aromatic N) is 1. The number of halogens is 1. The number of rotatable bonds is 3. The van der Waals surface area contributed by atoms with Crippen LogP contribution in [0.15, 0.2) is 28.7 Å². The van der Waals surface area contributed by atoms with Crippen molar-refractivity contribution in [1.29, 1.82) is 0 Å². The first-order valence-electron chi connectivity index (χ1n) is 6.91. The van der Waals surface area contributed by atoms with Gasteiger partial charge in [-0.15, -0.1) is 0 Å². The third kappa shape index (κ3) is 3.83. The summed E-state index contributed by atoms with van der Waals surface area (Å²) in [5.74, 6) is 0. The van der Waals surface area contributed by atoms with Crippen LogP contribution in [0.3, 0.4) is 0 Å². The van der Waals surface area contributed by atoms with Gasteiger partial charge in [-0.1, -0.05) is 41.9 Å². The van der Waals surface area contributed by atoms with Gasteiger partial charge < -0.3 is 0 Å². The lowest BCUT2D eigenvalue weighted by Crippen LogP contribution is -2.36. The lowest BCUT2D eigenvalue weighted by Gasteiger charge is -2.38. The monoisotopic (exact) mass is 309 g/mol. The van der Waals surface area contributed by atoms with Crippen LogP contribution < -0.4 is 0 Å². The van der Waals surface area contributed by atoms with E-state index in [1.807, 2.05) is 0 Å². The Bertz CT molecular complexity index is 373. The van der Waals surface area contributed by atoms with Gasteiger partial charge in [-0.05, 0) is 55.8 Å². The fraction of sp³-hybridized carbons (Fsp3) is 0.625. The minimum absolute atomic E-state index is 0.564. The molecule has 0 heterocycles. The first-order chi connectivity index (χ1) is 8.46. The smallest absolute Gasteiger partial charge is 0.0233 e. The van der Waals surface area contributed by atoms with E-state index in [0.29, 0.717) is 5.41 Å². The van der Waals surface area contributed by atoms with E-state index in [2.05, 4.69) is 66.0 Å². The summed E-state index contributed by atoms with van der Waals surface area (Å²) >= 11 is 3.49. The maximum Gasteiger partial charge on any atom is 0.0233 e. The van der Waals surface area contributed by atoms with Crippen LogP contribution in [0.25, 0.3) is 0 Å². The molecular weight excluding hydrogens is 286 g/mol. The zero-order valence-electron chi connectivity index (χ0n) is 11.7. The molecule has 0 amide bonds. The summed E-state index contributed by atoms with van der Waals surface area (Å²) in [5, 5.41) is 0. The second-order valence-corrected chi connectivity index (χ2v) is 7.35. The maximum atomic E-state index is 3.49. The molecule has 0 N–H and O–H groups in total. The molecular formula is C16H24BrN. The summed E-state index contributed by atoms with van der Waals surface area (Å²) in [6.45, 7) is 5.87. The summed E-state index contributed by atoms with van der Waals surface area (Å²) in [6, 6.07) is 9.46. The molecule has 0 spiro atoms. The molecule has 0 atom stereocenters. The molecule has 1 aliphatic rings. The topological polar surface area (TPSA) is 3.24 Å². The highest BCUT2D eigenvalue weighted by Gasteiger charge is 2.28. The molecule has 1 saturated carbocycles. The zero-order chi connectivity index (χ0) is 13.2. The second-order valence-electron chi connectivity index (χ2n) is 6.44. The summed E-state index contributed by atoms with van der Waals surface area (Å²) < 4.78 is 1.16. The van der Waals surface area contributed by atoms with Gasteiger partial charge in [0, 0.05) is 17.1 Å². The van der Waals surface area contributed by atoms with E-state index in [9.17, 15) is 0 Å². The standard InChI is InChI=1S/C16H24BrN/c1-16(2)10-8-15(9-11-16)18(3)12-13-4-6-14(17)7-5-13/h4-7,15H,8-12H2,1-3H3. The second kappa shape index (κ2) is 5.75. The normalized spacial score (nSPS) is 20.3. The third-order valence-corrected chi connectivity index (χ3v) is 4.81. The van der Waals surface area contributed by atoms with Gasteiger partial charge in [0.25, 0.3) is 0 Å². The van der Waals surface area contributed by atoms with E-state index >= 15 is 0 Å². The Kier molecular flexibility index (Phi) is 4.50. The van der Waals surface area contributed by atoms with Crippen LogP contribution in [0.2, 0.25) is 0 Å². The molecule has 1 nitrogen and oxygen atoms in total. The van der Waals surface area contributed by atoms with Crippen molar-refractivity contribution in [3.8, 4) is 0 Å². The van der Waals surface area contributed by atoms with Crippen molar-refractivity contribution in [1.82, 2.24) is 4.90 Å². The highest BCUT2D eigenvalue weighted by atomic mass is 79.9. The largest absolute Gasteiger partial charge is 0.299 e. The minimum atomic E-state index is 0.564. The fourth-order valence-corrected chi connectivity index (χ4v) is 3.10. The summed E-state index contributed by atoms with van der Waals surface area (Å²) in [4.78, 5) is 2.53. The van der Waals surface area contributed by atoms with Crippen LogP contribution in [0, 0.1) is 5.41 Å². The van der Waals surface area contributed by atoms with Crippen molar-refractivity contribution in [2.45, 2.75) is 52.1 Å². The molecule has 0 bridgehead atoms. The van der Waals surface area contributed by atoms with E-state index in [1.54, 1.807) is 0 Å². The first-order valence-corrected chi connectivity index (χ1v) is 7.70. The van der Waals surface area contributed by atoms with Gasteiger partial charge in [0.1, 0.15) is 0 Å².